The molecule has 0 atom stereocenters. The van der Waals surface area contributed by atoms with Crippen LogP contribution in [0.3, 0.4) is 0 Å². The second-order valence-corrected chi connectivity index (χ2v) is 6.79. The Hall–Kier alpha value is -2.80. The lowest BCUT2D eigenvalue weighted by Gasteiger charge is -2.32. The molecule has 136 valence electrons. The fourth-order valence-electron chi connectivity index (χ4n) is 3.43. The van der Waals surface area contributed by atoms with Crippen LogP contribution >= 0.6 is 0 Å². The molecule has 3 aromatic rings. The minimum atomic E-state index is -0.345. The fraction of sp³-hybridized carbons (Fsp3) is 0.368. The number of hydrogen-bond acceptors (Lipinski definition) is 5. The highest BCUT2D eigenvalue weighted by Crippen LogP contribution is 2.24. The number of rotatable bonds is 4. The Morgan fingerprint density at radius 3 is 2.88 bits per heavy atom. The highest BCUT2D eigenvalue weighted by molar-refractivity contribution is 5.80. The van der Waals surface area contributed by atoms with Gasteiger partial charge in [0.2, 0.25) is 5.43 Å². The van der Waals surface area contributed by atoms with Crippen molar-refractivity contribution in [2.24, 2.45) is 7.05 Å². The molecule has 1 fully saturated rings. The van der Waals surface area contributed by atoms with Gasteiger partial charge in [0.05, 0.1) is 11.7 Å². The molecule has 0 amide bonds. The van der Waals surface area contributed by atoms with Gasteiger partial charge in [-0.2, -0.15) is 5.10 Å². The molecule has 1 aliphatic rings. The van der Waals surface area contributed by atoms with Gasteiger partial charge in [0, 0.05) is 50.0 Å². The predicted molar refractivity (Wildman–Crippen MR) is 98.4 cm³/mol. The first-order valence-corrected chi connectivity index (χ1v) is 8.80. The van der Waals surface area contributed by atoms with Gasteiger partial charge >= 0.3 is 0 Å². The monoisotopic (exact) mass is 354 g/mol. The van der Waals surface area contributed by atoms with Crippen molar-refractivity contribution in [2.45, 2.75) is 25.5 Å². The van der Waals surface area contributed by atoms with Gasteiger partial charge in [-0.3, -0.25) is 14.4 Å². The quantitative estimate of drug-likeness (QED) is 0.749. The third kappa shape index (κ3) is 3.43. The van der Waals surface area contributed by atoms with E-state index in [-0.39, 0.29) is 17.3 Å². The van der Waals surface area contributed by atoms with Crippen LogP contribution in [0, 0.1) is 0 Å². The van der Waals surface area contributed by atoms with E-state index in [1.165, 1.54) is 12.3 Å². The second-order valence-electron chi connectivity index (χ2n) is 6.79. The molecule has 0 bridgehead atoms. The molecule has 4 rings (SSSR count). The number of nitrogens with zero attached hydrogens (tertiary/aromatic N) is 3. The van der Waals surface area contributed by atoms with E-state index in [2.05, 4.69) is 15.0 Å². The lowest BCUT2D eigenvalue weighted by Crippen LogP contribution is -2.38. The number of nitrogens with one attached hydrogen (secondary N) is 1. The van der Waals surface area contributed by atoms with Crippen LogP contribution in [0.4, 0.5) is 0 Å². The van der Waals surface area contributed by atoms with Gasteiger partial charge in [0.1, 0.15) is 11.9 Å². The summed E-state index contributed by atoms with van der Waals surface area (Å²) in [7, 11) is 1.93. The number of pyridine rings is 1. The number of likely N-dealkylation sites (tertiary alicyclic amines) is 1. The van der Waals surface area contributed by atoms with E-state index in [1.54, 1.807) is 0 Å². The molecule has 7 heteroatoms. The number of aromatic nitrogens is 3. The lowest BCUT2D eigenvalue weighted by molar-refractivity contribution is 0.0962. The molecule has 0 spiro atoms. The predicted octanol–water partition coefficient (Wildman–Crippen LogP) is 2.01. The first-order chi connectivity index (χ1) is 12.6. The summed E-state index contributed by atoms with van der Waals surface area (Å²) in [6, 6.07) is 7.53. The van der Waals surface area contributed by atoms with Gasteiger partial charge in [-0.05, 0) is 31.0 Å². The summed E-state index contributed by atoms with van der Waals surface area (Å²) in [5.41, 5.74) is 1.56. The lowest BCUT2D eigenvalue weighted by atomic mass is 10.1. The SMILES string of the molecule is Cn1ncc2cc(OC3CCN(Cc4cc(=O)c(O)c[nH]4)CC3)ccc21. The van der Waals surface area contributed by atoms with Crippen LogP contribution in [-0.2, 0) is 13.6 Å². The molecule has 1 aliphatic heterocycles. The van der Waals surface area contributed by atoms with Gasteiger partial charge < -0.3 is 14.8 Å². The van der Waals surface area contributed by atoms with Crippen molar-refractivity contribution in [3.8, 4) is 11.5 Å². The molecule has 0 radical (unpaired) electrons. The molecule has 0 aliphatic carbocycles. The zero-order chi connectivity index (χ0) is 18.1. The van der Waals surface area contributed by atoms with Crippen molar-refractivity contribution in [3.05, 3.63) is 52.6 Å². The molecule has 1 aromatic carbocycles. The summed E-state index contributed by atoms with van der Waals surface area (Å²) in [5.74, 6) is 0.637. The Morgan fingerprint density at radius 1 is 1.31 bits per heavy atom. The van der Waals surface area contributed by atoms with Crippen LogP contribution in [0.5, 0.6) is 11.5 Å². The van der Waals surface area contributed by atoms with Crippen LogP contribution in [0.1, 0.15) is 18.5 Å². The van der Waals surface area contributed by atoms with E-state index < -0.39 is 0 Å². The maximum Gasteiger partial charge on any atom is 0.223 e. The summed E-state index contributed by atoms with van der Waals surface area (Å²) >= 11 is 0. The first-order valence-electron chi connectivity index (χ1n) is 8.80. The highest BCUT2D eigenvalue weighted by Gasteiger charge is 2.21. The van der Waals surface area contributed by atoms with Gasteiger partial charge in [-0.1, -0.05) is 0 Å². The first kappa shape index (κ1) is 16.7. The van der Waals surface area contributed by atoms with E-state index >= 15 is 0 Å². The molecule has 0 saturated carbocycles. The number of aryl methyl sites for hydroxylation is 1. The van der Waals surface area contributed by atoms with Gasteiger partial charge in [-0.15, -0.1) is 0 Å². The van der Waals surface area contributed by atoms with Crippen LogP contribution in [0.2, 0.25) is 0 Å². The molecule has 0 unspecified atom stereocenters. The van der Waals surface area contributed by atoms with Crippen molar-refractivity contribution in [1.29, 1.82) is 0 Å². The zero-order valence-corrected chi connectivity index (χ0v) is 14.7. The molecule has 2 N–H and O–H groups in total. The third-order valence-electron chi connectivity index (χ3n) is 4.90. The number of H-pyrrole nitrogens is 1. The molecule has 2 aromatic heterocycles. The molecule has 3 heterocycles. The Bertz CT molecular complexity index is 970. The molecular weight excluding hydrogens is 332 g/mol. The number of hydrogen-bond donors (Lipinski definition) is 2. The zero-order valence-electron chi connectivity index (χ0n) is 14.7. The van der Waals surface area contributed by atoms with Gasteiger partial charge in [-0.25, -0.2) is 0 Å². The average molecular weight is 354 g/mol. The smallest absolute Gasteiger partial charge is 0.223 e. The topological polar surface area (TPSA) is 83.4 Å². The van der Waals surface area contributed by atoms with Crippen molar-refractivity contribution < 1.29 is 9.84 Å². The Balaban J connectivity index is 1.34. The van der Waals surface area contributed by atoms with E-state index in [1.807, 2.05) is 36.1 Å². The Kier molecular flexibility index (Phi) is 4.38. The van der Waals surface area contributed by atoms with E-state index in [0.717, 1.165) is 48.3 Å². The summed E-state index contributed by atoms with van der Waals surface area (Å²) in [6.45, 7) is 2.48. The summed E-state index contributed by atoms with van der Waals surface area (Å²) in [5, 5.41) is 14.7. The van der Waals surface area contributed by atoms with Crippen LogP contribution in [0.25, 0.3) is 10.9 Å². The minimum absolute atomic E-state index is 0.194. The van der Waals surface area contributed by atoms with Gasteiger partial charge in [0.25, 0.3) is 0 Å². The standard InChI is InChI=1S/C19H22N4O3/c1-22-17-3-2-16(8-13(17)10-21-22)26-15-4-6-23(7-5-15)12-14-9-18(24)19(25)11-20-14/h2-3,8-11,15,25H,4-7,12H2,1H3,(H,20,24). The van der Waals surface area contributed by atoms with Crippen LogP contribution in [0.15, 0.2) is 41.5 Å². The van der Waals surface area contributed by atoms with Crippen molar-refractivity contribution in [3.63, 3.8) is 0 Å². The normalized spacial score (nSPS) is 16.2. The highest BCUT2D eigenvalue weighted by atomic mass is 16.5. The van der Waals surface area contributed by atoms with Crippen LogP contribution in [-0.4, -0.2) is 44.0 Å². The maximum absolute atomic E-state index is 11.5. The minimum Gasteiger partial charge on any atom is -0.503 e. The summed E-state index contributed by atoms with van der Waals surface area (Å²) in [6.07, 6.45) is 5.27. The maximum atomic E-state index is 11.5. The Labute approximate surface area is 150 Å². The largest absolute Gasteiger partial charge is 0.503 e. The summed E-state index contributed by atoms with van der Waals surface area (Å²) in [4.78, 5) is 16.8. The fourth-order valence-corrected chi connectivity index (χ4v) is 3.43. The van der Waals surface area contributed by atoms with Crippen molar-refractivity contribution >= 4 is 10.9 Å². The van der Waals surface area contributed by atoms with Gasteiger partial charge in [0.15, 0.2) is 5.75 Å². The van der Waals surface area contributed by atoms with Crippen molar-refractivity contribution in [2.75, 3.05) is 13.1 Å². The number of aromatic hydroxyl groups is 1. The Morgan fingerprint density at radius 2 is 2.12 bits per heavy atom. The van der Waals surface area contributed by atoms with Crippen LogP contribution < -0.4 is 10.2 Å². The number of ether oxygens (including phenoxy) is 1. The van der Waals surface area contributed by atoms with E-state index in [0.29, 0.717) is 6.54 Å². The second kappa shape index (κ2) is 6.84. The number of aromatic amines is 1. The molecule has 7 nitrogen and oxygen atoms in total. The molecular formula is C19H22N4O3. The van der Waals surface area contributed by atoms with Crippen molar-refractivity contribution in [1.82, 2.24) is 19.7 Å². The average Bonchev–Trinajstić information content (AvgIpc) is 3.00. The number of fused-ring (bicyclic) bond motifs is 1. The third-order valence-corrected chi connectivity index (χ3v) is 4.90. The summed E-state index contributed by atoms with van der Waals surface area (Å²) < 4.78 is 8.00. The molecule has 1 saturated heterocycles. The van der Waals surface area contributed by atoms with E-state index in [9.17, 15) is 9.90 Å². The molecule has 26 heavy (non-hydrogen) atoms. The van der Waals surface area contributed by atoms with E-state index in [4.69, 9.17) is 4.74 Å². The number of benzene rings is 1. The number of piperidine rings is 1.